The highest BCUT2D eigenvalue weighted by Crippen LogP contribution is 2.27. The first kappa shape index (κ1) is 10.5. The van der Waals surface area contributed by atoms with Gasteiger partial charge in [-0.3, -0.25) is 0 Å². The van der Waals surface area contributed by atoms with Gasteiger partial charge in [-0.05, 0) is 59.5 Å². The second kappa shape index (κ2) is 4.11. The fourth-order valence-corrected chi connectivity index (χ4v) is 1.64. The Kier molecular flexibility index (Phi) is 3.33. The van der Waals surface area contributed by atoms with Crippen LogP contribution in [0.25, 0.3) is 0 Å². The van der Waals surface area contributed by atoms with Crippen molar-refractivity contribution < 1.29 is 10.2 Å². The number of halogens is 1. The number of aliphatic hydroxyl groups is 1. The van der Waals surface area contributed by atoms with E-state index in [2.05, 4.69) is 15.9 Å². The Labute approximate surface area is 86.3 Å². The maximum absolute atomic E-state index is 9.35. The van der Waals surface area contributed by atoms with E-state index < -0.39 is 0 Å². The highest BCUT2D eigenvalue weighted by molar-refractivity contribution is 9.10. The first-order valence-corrected chi connectivity index (χ1v) is 4.96. The molecule has 0 heterocycles. The van der Waals surface area contributed by atoms with E-state index in [9.17, 15) is 10.2 Å². The van der Waals surface area contributed by atoms with Crippen LogP contribution in [-0.4, -0.2) is 16.3 Å². The molecule has 2 N–H and O–H groups in total. The summed E-state index contributed by atoms with van der Waals surface area (Å²) in [4.78, 5) is 0. The van der Waals surface area contributed by atoms with Gasteiger partial charge in [0.2, 0.25) is 0 Å². The molecular formula is C10H13BrO2. The van der Waals surface area contributed by atoms with E-state index in [1.165, 1.54) is 0 Å². The quantitative estimate of drug-likeness (QED) is 0.839. The van der Waals surface area contributed by atoms with Crippen LogP contribution < -0.4 is 0 Å². The highest BCUT2D eigenvalue weighted by atomic mass is 79.9. The molecule has 1 atom stereocenters. The molecule has 72 valence electrons. The molecule has 0 aliphatic heterocycles. The van der Waals surface area contributed by atoms with Crippen LogP contribution in [0.2, 0.25) is 0 Å². The summed E-state index contributed by atoms with van der Waals surface area (Å²) in [6, 6.07) is 3.54. The second-order valence-corrected chi connectivity index (χ2v) is 4.14. The standard InChI is InChI=1S/C10H13BrO2/c1-6-3-10(13)9(11)5-8(6)4-7(2)12/h3,5,7,12-13H,4H2,1-2H3. The van der Waals surface area contributed by atoms with E-state index in [0.29, 0.717) is 10.9 Å². The van der Waals surface area contributed by atoms with E-state index in [0.717, 1.165) is 11.1 Å². The van der Waals surface area contributed by atoms with E-state index >= 15 is 0 Å². The fraction of sp³-hybridized carbons (Fsp3) is 0.400. The van der Waals surface area contributed by atoms with Crippen molar-refractivity contribution >= 4 is 15.9 Å². The van der Waals surface area contributed by atoms with Crippen molar-refractivity contribution in [1.29, 1.82) is 0 Å². The Hall–Kier alpha value is -0.540. The number of aliphatic hydroxyl groups excluding tert-OH is 1. The number of phenolic OH excluding ortho intramolecular Hbond substituents is 1. The largest absolute Gasteiger partial charge is 0.507 e. The number of phenols is 1. The number of rotatable bonds is 2. The average Bonchev–Trinajstić information content (AvgIpc) is 1.99. The summed E-state index contributed by atoms with van der Waals surface area (Å²) in [5, 5.41) is 18.6. The lowest BCUT2D eigenvalue weighted by Crippen LogP contribution is -2.05. The number of benzene rings is 1. The third kappa shape index (κ3) is 2.71. The molecule has 3 heteroatoms. The van der Waals surface area contributed by atoms with Crippen LogP contribution in [0, 0.1) is 6.92 Å². The maximum atomic E-state index is 9.35. The molecule has 0 saturated carbocycles. The molecule has 13 heavy (non-hydrogen) atoms. The first-order valence-electron chi connectivity index (χ1n) is 4.16. The molecule has 0 aliphatic rings. The monoisotopic (exact) mass is 244 g/mol. The average molecular weight is 245 g/mol. The first-order chi connectivity index (χ1) is 6.00. The van der Waals surface area contributed by atoms with Crippen molar-refractivity contribution in [2.45, 2.75) is 26.4 Å². The van der Waals surface area contributed by atoms with Gasteiger partial charge in [0, 0.05) is 0 Å². The summed E-state index contributed by atoms with van der Waals surface area (Å²) >= 11 is 3.24. The third-order valence-corrected chi connectivity index (χ3v) is 2.56. The lowest BCUT2D eigenvalue weighted by molar-refractivity contribution is 0.195. The van der Waals surface area contributed by atoms with Crippen LogP contribution in [0.3, 0.4) is 0 Å². The summed E-state index contributed by atoms with van der Waals surface area (Å²) < 4.78 is 0.675. The summed E-state index contributed by atoms with van der Waals surface area (Å²) in [5.74, 6) is 0.242. The molecule has 0 radical (unpaired) electrons. The van der Waals surface area contributed by atoms with Gasteiger partial charge in [-0.1, -0.05) is 0 Å². The molecule has 1 aromatic carbocycles. The van der Waals surface area contributed by atoms with Gasteiger partial charge in [0.05, 0.1) is 10.6 Å². The van der Waals surface area contributed by atoms with Crippen LogP contribution in [0.4, 0.5) is 0 Å². The zero-order valence-corrected chi connectivity index (χ0v) is 9.30. The van der Waals surface area contributed by atoms with Crippen molar-refractivity contribution in [3.63, 3.8) is 0 Å². The van der Waals surface area contributed by atoms with E-state index in [1.54, 1.807) is 13.0 Å². The minimum atomic E-state index is -0.352. The van der Waals surface area contributed by atoms with Crippen LogP contribution in [-0.2, 0) is 6.42 Å². The fourth-order valence-electron chi connectivity index (χ4n) is 1.25. The Morgan fingerprint density at radius 3 is 2.62 bits per heavy atom. The number of hydrogen-bond donors (Lipinski definition) is 2. The lowest BCUT2D eigenvalue weighted by Gasteiger charge is -2.09. The Balaban J connectivity index is 3.01. The van der Waals surface area contributed by atoms with Gasteiger partial charge in [0.15, 0.2) is 0 Å². The molecule has 0 fully saturated rings. The molecule has 0 bridgehead atoms. The summed E-state index contributed by atoms with van der Waals surface area (Å²) in [6.07, 6.45) is 0.264. The van der Waals surface area contributed by atoms with Crippen LogP contribution >= 0.6 is 15.9 Å². The SMILES string of the molecule is Cc1cc(O)c(Br)cc1CC(C)O. The van der Waals surface area contributed by atoms with Gasteiger partial charge in [-0.15, -0.1) is 0 Å². The zero-order chi connectivity index (χ0) is 10.0. The molecule has 0 spiro atoms. The van der Waals surface area contributed by atoms with Gasteiger partial charge in [-0.2, -0.15) is 0 Å². The van der Waals surface area contributed by atoms with Gasteiger partial charge in [-0.25, -0.2) is 0 Å². The Morgan fingerprint density at radius 1 is 1.46 bits per heavy atom. The van der Waals surface area contributed by atoms with Gasteiger partial charge in [0.25, 0.3) is 0 Å². The van der Waals surface area contributed by atoms with Crippen molar-refractivity contribution in [1.82, 2.24) is 0 Å². The van der Waals surface area contributed by atoms with E-state index in [4.69, 9.17) is 0 Å². The maximum Gasteiger partial charge on any atom is 0.130 e. The minimum absolute atomic E-state index is 0.242. The van der Waals surface area contributed by atoms with E-state index in [1.807, 2.05) is 13.0 Å². The number of aryl methyl sites for hydroxylation is 1. The Bertz CT molecular complexity index is 308. The summed E-state index contributed by atoms with van der Waals surface area (Å²) in [5.41, 5.74) is 2.06. The van der Waals surface area contributed by atoms with Crippen LogP contribution in [0.15, 0.2) is 16.6 Å². The summed E-state index contributed by atoms with van der Waals surface area (Å²) in [7, 11) is 0. The van der Waals surface area contributed by atoms with E-state index in [-0.39, 0.29) is 11.9 Å². The Morgan fingerprint density at radius 2 is 2.08 bits per heavy atom. The predicted molar refractivity (Wildman–Crippen MR) is 55.9 cm³/mol. The van der Waals surface area contributed by atoms with Gasteiger partial charge in [0.1, 0.15) is 5.75 Å². The zero-order valence-electron chi connectivity index (χ0n) is 7.71. The number of hydrogen-bond acceptors (Lipinski definition) is 2. The molecule has 1 rings (SSSR count). The predicted octanol–water partition coefficient (Wildman–Crippen LogP) is 2.39. The van der Waals surface area contributed by atoms with Crippen LogP contribution in [0.5, 0.6) is 5.75 Å². The summed E-state index contributed by atoms with van der Waals surface area (Å²) in [6.45, 7) is 3.67. The normalized spacial score (nSPS) is 12.9. The van der Waals surface area contributed by atoms with Crippen LogP contribution in [0.1, 0.15) is 18.1 Å². The van der Waals surface area contributed by atoms with Crippen molar-refractivity contribution in [2.24, 2.45) is 0 Å². The van der Waals surface area contributed by atoms with Crippen molar-refractivity contribution in [3.8, 4) is 5.75 Å². The molecule has 0 amide bonds. The van der Waals surface area contributed by atoms with Gasteiger partial charge < -0.3 is 10.2 Å². The molecule has 1 aromatic rings. The lowest BCUT2D eigenvalue weighted by atomic mass is 10.0. The second-order valence-electron chi connectivity index (χ2n) is 3.28. The molecule has 2 nitrogen and oxygen atoms in total. The highest BCUT2D eigenvalue weighted by Gasteiger charge is 2.06. The smallest absolute Gasteiger partial charge is 0.130 e. The van der Waals surface area contributed by atoms with Gasteiger partial charge >= 0.3 is 0 Å². The minimum Gasteiger partial charge on any atom is -0.507 e. The molecule has 0 aliphatic carbocycles. The topological polar surface area (TPSA) is 40.5 Å². The third-order valence-electron chi connectivity index (χ3n) is 1.92. The molecular weight excluding hydrogens is 232 g/mol. The molecule has 0 saturated heterocycles. The van der Waals surface area contributed by atoms with Crippen molar-refractivity contribution in [3.05, 3.63) is 27.7 Å². The number of aromatic hydroxyl groups is 1. The molecule has 0 aromatic heterocycles. The van der Waals surface area contributed by atoms with Crippen molar-refractivity contribution in [2.75, 3.05) is 0 Å². The molecule has 1 unspecified atom stereocenters.